The molecule has 2 rings (SSSR count). The average molecular weight is 328 g/mol. The molecule has 1 aliphatic heterocycles. The molecule has 0 unspecified atom stereocenters. The fourth-order valence-electron chi connectivity index (χ4n) is 2.19. The molecule has 1 saturated heterocycles. The molecule has 116 valence electrons. The molecule has 0 aliphatic carbocycles. The molecule has 1 aromatic carbocycles. The van der Waals surface area contributed by atoms with Crippen LogP contribution < -0.4 is 10.6 Å². The van der Waals surface area contributed by atoms with Crippen LogP contribution in [0.15, 0.2) is 29.2 Å². The van der Waals surface area contributed by atoms with Crippen molar-refractivity contribution in [3.63, 3.8) is 0 Å². The van der Waals surface area contributed by atoms with E-state index < -0.39 is 0 Å². The summed E-state index contributed by atoms with van der Waals surface area (Å²) in [5.74, 6) is 0.869. The average Bonchev–Trinajstić information content (AvgIpc) is 2.50. The van der Waals surface area contributed by atoms with Crippen LogP contribution in [0.1, 0.15) is 6.42 Å². The van der Waals surface area contributed by atoms with Gasteiger partial charge in [-0.2, -0.15) is 0 Å². The van der Waals surface area contributed by atoms with Gasteiger partial charge in [0.25, 0.3) is 0 Å². The first-order chi connectivity index (χ1) is 10.3. The minimum absolute atomic E-state index is 0.115. The summed E-state index contributed by atoms with van der Waals surface area (Å²) in [5.41, 5.74) is 0. The number of nitrogens with zero attached hydrogens (tertiary/aromatic N) is 1. The van der Waals surface area contributed by atoms with E-state index in [0.29, 0.717) is 6.42 Å². The molecule has 6 heteroatoms. The molecule has 21 heavy (non-hydrogen) atoms. The molecule has 1 amide bonds. The van der Waals surface area contributed by atoms with Crippen molar-refractivity contribution in [1.82, 2.24) is 15.5 Å². The van der Waals surface area contributed by atoms with E-state index in [1.807, 2.05) is 24.3 Å². The zero-order valence-electron chi connectivity index (χ0n) is 12.1. The number of halogens is 1. The van der Waals surface area contributed by atoms with Gasteiger partial charge < -0.3 is 10.6 Å². The van der Waals surface area contributed by atoms with E-state index in [-0.39, 0.29) is 5.91 Å². The molecular weight excluding hydrogens is 306 g/mol. The van der Waals surface area contributed by atoms with Gasteiger partial charge in [-0.25, -0.2) is 0 Å². The highest BCUT2D eigenvalue weighted by Crippen LogP contribution is 2.26. The molecule has 0 saturated carbocycles. The zero-order valence-corrected chi connectivity index (χ0v) is 13.7. The summed E-state index contributed by atoms with van der Waals surface area (Å²) >= 11 is 7.70. The fraction of sp³-hybridized carbons (Fsp3) is 0.533. The molecule has 0 spiro atoms. The minimum Gasteiger partial charge on any atom is -0.355 e. The van der Waals surface area contributed by atoms with E-state index in [1.165, 1.54) is 0 Å². The van der Waals surface area contributed by atoms with Crippen molar-refractivity contribution in [3.05, 3.63) is 29.3 Å². The van der Waals surface area contributed by atoms with E-state index in [9.17, 15) is 4.79 Å². The van der Waals surface area contributed by atoms with Crippen molar-refractivity contribution in [3.8, 4) is 0 Å². The van der Waals surface area contributed by atoms with Gasteiger partial charge in [0.15, 0.2) is 0 Å². The Morgan fingerprint density at radius 1 is 1.33 bits per heavy atom. The SMILES string of the molecule is O=C(CCSc1ccccc1Cl)NCCN1CCNCC1. The van der Waals surface area contributed by atoms with Gasteiger partial charge in [-0.1, -0.05) is 23.7 Å². The Morgan fingerprint density at radius 2 is 2.10 bits per heavy atom. The number of hydrogen-bond acceptors (Lipinski definition) is 4. The highest BCUT2D eigenvalue weighted by Gasteiger charge is 2.09. The lowest BCUT2D eigenvalue weighted by molar-refractivity contribution is -0.120. The maximum Gasteiger partial charge on any atom is 0.220 e. The summed E-state index contributed by atoms with van der Waals surface area (Å²) in [6, 6.07) is 7.73. The number of carbonyl (C=O) groups excluding carboxylic acids is 1. The minimum atomic E-state index is 0.115. The van der Waals surface area contributed by atoms with E-state index in [2.05, 4.69) is 15.5 Å². The maximum absolute atomic E-state index is 11.8. The highest BCUT2D eigenvalue weighted by molar-refractivity contribution is 7.99. The van der Waals surface area contributed by atoms with Gasteiger partial charge in [-0.3, -0.25) is 9.69 Å². The van der Waals surface area contributed by atoms with Gasteiger partial charge in [-0.05, 0) is 12.1 Å². The third kappa shape index (κ3) is 6.26. The normalized spacial score (nSPS) is 15.9. The molecule has 1 fully saturated rings. The predicted octanol–water partition coefficient (Wildman–Crippen LogP) is 1.84. The summed E-state index contributed by atoms with van der Waals surface area (Å²) in [5, 5.41) is 7.05. The summed E-state index contributed by atoms with van der Waals surface area (Å²) in [6.07, 6.45) is 0.525. The lowest BCUT2D eigenvalue weighted by Gasteiger charge is -2.27. The molecule has 2 N–H and O–H groups in total. The van der Waals surface area contributed by atoms with Gasteiger partial charge in [0.05, 0.1) is 5.02 Å². The van der Waals surface area contributed by atoms with E-state index in [1.54, 1.807) is 11.8 Å². The van der Waals surface area contributed by atoms with E-state index in [0.717, 1.165) is 54.9 Å². The molecule has 0 bridgehead atoms. The van der Waals surface area contributed by atoms with Crippen LogP contribution in [0.3, 0.4) is 0 Å². The highest BCUT2D eigenvalue weighted by atomic mass is 35.5. The second-order valence-electron chi connectivity index (χ2n) is 4.97. The largest absolute Gasteiger partial charge is 0.355 e. The number of benzene rings is 1. The summed E-state index contributed by atoms with van der Waals surface area (Å²) < 4.78 is 0. The molecule has 4 nitrogen and oxygen atoms in total. The second kappa shape index (κ2) is 9.30. The number of rotatable bonds is 7. The van der Waals surface area contributed by atoms with Crippen molar-refractivity contribution in [2.24, 2.45) is 0 Å². The number of piperazine rings is 1. The van der Waals surface area contributed by atoms with Gasteiger partial charge in [0.2, 0.25) is 5.91 Å². The lowest BCUT2D eigenvalue weighted by atomic mass is 10.3. The lowest BCUT2D eigenvalue weighted by Crippen LogP contribution is -2.46. The molecule has 1 heterocycles. The summed E-state index contributed by atoms with van der Waals surface area (Å²) in [6.45, 7) is 5.89. The Bertz CT molecular complexity index is 452. The zero-order chi connectivity index (χ0) is 14.9. The Balaban J connectivity index is 1.56. The Kier molecular flexibility index (Phi) is 7.36. The number of nitrogens with one attached hydrogen (secondary N) is 2. The smallest absolute Gasteiger partial charge is 0.220 e. The van der Waals surface area contributed by atoms with Crippen LogP contribution in [0.2, 0.25) is 5.02 Å². The monoisotopic (exact) mass is 327 g/mol. The quantitative estimate of drug-likeness (QED) is 0.750. The van der Waals surface area contributed by atoms with Crippen LogP contribution in [-0.4, -0.2) is 55.8 Å². The van der Waals surface area contributed by atoms with Crippen LogP contribution in [0.4, 0.5) is 0 Å². The number of amides is 1. The van der Waals surface area contributed by atoms with Crippen molar-refractivity contribution in [2.75, 3.05) is 45.0 Å². The predicted molar refractivity (Wildman–Crippen MR) is 89.1 cm³/mol. The van der Waals surface area contributed by atoms with Crippen molar-refractivity contribution in [2.45, 2.75) is 11.3 Å². The van der Waals surface area contributed by atoms with Crippen molar-refractivity contribution >= 4 is 29.3 Å². The first-order valence-corrected chi connectivity index (χ1v) is 8.69. The van der Waals surface area contributed by atoms with Crippen molar-refractivity contribution < 1.29 is 4.79 Å². The van der Waals surface area contributed by atoms with E-state index >= 15 is 0 Å². The van der Waals surface area contributed by atoms with Crippen LogP contribution >= 0.6 is 23.4 Å². The first-order valence-electron chi connectivity index (χ1n) is 7.33. The Hall–Kier alpha value is -0.750. The number of thioether (sulfide) groups is 1. The van der Waals surface area contributed by atoms with Crippen LogP contribution in [-0.2, 0) is 4.79 Å². The van der Waals surface area contributed by atoms with E-state index in [4.69, 9.17) is 11.6 Å². The molecule has 0 atom stereocenters. The standard InChI is InChI=1S/C15H22ClN3OS/c16-13-3-1-2-4-14(13)21-12-5-15(20)18-8-11-19-9-6-17-7-10-19/h1-4,17H,5-12H2,(H,18,20). The van der Waals surface area contributed by atoms with Gasteiger partial charge >= 0.3 is 0 Å². The third-order valence-corrected chi connectivity index (χ3v) is 4.90. The second-order valence-corrected chi connectivity index (χ2v) is 6.51. The Labute approximate surface area is 135 Å². The first kappa shape index (κ1) is 16.6. The van der Waals surface area contributed by atoms with Gasteiger partial charge in [-0.15, -0.1) is 11.8 Å². The van der Waals surface area contributed by atoms with Gasteiger partial charge in [0, 0.05) is 56.3 Å². The molecule has 1 aromatic rings. The topological polar surface area (TPSA) is 44.4 Å². The van der Waals surface area contributed by atoms with Gasteiger partial charge in [0.1, 0.15) is 0 Å². The van der Waals surface area contributed by atoms with Crippen molar-refractivity contribution in [1.29, 1.82) is 0 Å². The fourth-order valence-corrected chi connectivity index (χ4v) is 3.38. The summed E-state index contributed by atoms with van der Waals surface area (Å²) in [4.78, 5) is 15.2. The summed E-state index contributed by atoms with van der Waals surface area (Å²) in [7, 11) is 0. The number of hydrogen-bond donors (Lipinski definition) is 2. The maximum atomic E-state index is 11.8. The van der Waals surface area contributed by atoms with Crippen LogP contribution in [0.5, 0.6) is 0 Å². The van der Waals surface area contributed by atoms with Crippen LogP contribution in [0.25, 0.3) is 0 Å². The molecule has 0 radical (unpaired) electrons. The third-order valence-electron chi connectivity index (χ3n) is 3.38. The Morgan fingerprint density at radius 3 is 2.86 bits per heavy atom. The number of carbonyl (C=O) groups is 1. The molecule has 1 aliphatic rings. The molecule has 0 aromatic heterocycles. The van der Waals surface area contributed by atoms with Crippen LogP contribution in [0, 0.1) is 0 Å². The molecular formula is C15H22ClN3OS.